The Balaban J connectivity index is 2.65. The van der Waals surface area contributed by atoms with Gasteiger partial charge in [-0.1, -0.05) is 0 Å². The Hall–Kier alpha value is -1.03. The topological polar surface area (TPSA) is 29.1 Å². The number of hydrogen-bond donors (Lipinski definition) is 1. The number of hydrogen-bond acceptors (Lipinski definition) is 2. The van der Waals surface area contributed by atoms with Crippen molar-refractivity contribution in [3.63, 3.8) is 0 Å². The summed E-state index contributed by atoms with van der Waals surface area (Å²) in [4.78, 5) is 11.6. The molecule has 0 aromatic heterocycles. The molecule has 0 aliphatic rings. The fourth-order valence-corrected chi connectivity index (χ4v) is 1.55. The number of halogens is 1. The molecule has 1 aromatic rings. The summed E-state index contributed by atoms with van der Waals surface area (Å²) in [7, 11) is 0. The van der Waals surface area contributed by atoms with Gasteiger partial charge in [0, 0.05) is 17.9 Å². The maximum atomic E-state index is 12.8. The number of aryl methyl sites for hydroxylation is 1. The Morgan fingerprint density at radius 1 is 1.53 bits per heavy atom. The van der Waals surface area contributed by atoms with E-state index in [0.29, 0.717) is 17.7 Å². The van der Waals surface area contributed by atoms with E-state index in [9.17, 15) is 9.18 Å². The fourth-order valence-electron chi connectivity index (χ4n) is 1.24. The third kappa shape index (κ3) is 3.55. The molecule has 0 saturated heterocycles. The summed E-state index contributed by atoms with van der Waals surface area (Å²) in [6.45, 7) is 2.36. The van der Waals surface area contributed by atoms with Crippen LogP contribution < -0.4 is 5.32 Å². The first-order valence-corrected chi connectivity index (χ1v) is 6.08. The molecular formula is C11H14FNOS. The van der Waals surface area contributed by atoms with Crippen molar-refractivity contribution in [2.45, 2.75) is 6.92 Å². The lowest BCUT2D eigenvalue weighted by atomic mass is 10.1. The van der Waals surface area contributed by atoms with Crippen LogP contribution in [-0.2, 0) is 0 Å². The molecule has 0 fully saturated rings. The maximum Gasteiger partial charge on any atom is 0.251 e. The fraction of sp³-hybridized carbons (Fsp3) is 0.364. The van der Waals surface area contributed by atoms with Crippen molar-refractivity contribution in [1.29, 1.82) is 0 Å². The molecule has 0 heterocycles. The first-order chi connectivity index (χ1) is 7.15. The highest BCUT2D eigenvalue weighted by Crippen LogP contribution is 2.09. The van der Waals surface area contributed by atoms with E-state index in [2.05, 4.69) is 5.32 Å². The van der Waals surface area contributed by atoms with E-state index in [-0.39, 0.29) is 11.7 Å². The number of rotatable bonds is 4. The number of amides is 1. The molecule has 1 aromatic carbocycles. The molecule has 0 aliphatic carbocycles. The molecule has 0 unspecified atom stereocenters. The van der Waals surface area contributed by atoms with Gasteiger partial charge >= 0.3 is 0 Å². The Kier molecular flexibility index (Phi) is 4.62. The lowest BCUT2D eigenvalue weighted by molar-refractivity contribution is 0.0955. The molecule has 0 bridgehead atoms. The second-order valence-electron chi connectivity index (χ2n) is 3.21. The average Bonchev–Trinajstić information content (AvgIpc) is 2.17. The van der Waals surface area contributed by atoms with Crippen molar-refractivity contribution in [3.8, 4) is 0 Å². The summed E-state index contributed by atoms with van der Waals surface area (Å²) in [6.07, 6.45) is 1.98. The van der Waals surface area contributed by atoms with Crippen LogP contribution in [0.2, 0.25) is 0 Å². The molecule has 2 nitrogen and oxygen atoms in total. The van der Waals surface area contributed by atoms with Gasteiger partial charge in [0.1, 0.15) is 5.82 Å². The smallest absolute Gasteiger partial charge is 0.251 e. The normalized spacial score (nSPS) is 10.1. The van der Waals surface area contributed by atoms with Crippen molar-refractivity contribution < 1.29 is 9.18 Å². The molecule has 0 radical (unpaired) electrons. The second-order valence-corrected chi connectivity index (χ2v) is 4.19. The van der Waals surface area contributed by atoms with E-state index in [1.54, 1.807) is 18.7 Å². The minimum absolute atomic E-state index is 0.137. The zero-order chi connectivity index (χ0) is 11.3. The third-order valence-corrected chi connectivity index (χ3v) is 2.64. The zero-order valence-electron chi connectivity index (χ0n) is 8.84. The minimum atomic E-state index is -0.312. The van der Waals surface area contributed by atoms with E-state index < -0.39 is 0 Å². The predicted octanol–water partition coefficient (Wildman–Crippen LogP) is 2.23. The summed E-state index contributed by atoms with van der Waals surface area (Å²) < 4.78 is 12.8. The summed E-state index contributed by atoms with van der Waals surface area (Å²) in [5.41, 5.74) is 1.20. The van der Waals surface area contributed by atoms with Gasteiger partial charge in [0.15, 0.2) is 0 Å². The van der Waals surface area contributed by atoms with Gasteiger partial charge in [-0.05, 0) is 36.9 Å². The van der Waals surface area contributed by atoms with Crippen LogP contribution in [0.15, 0.2) is 18.2 Å². The molecule has 0 atom stereocenters. The molecule has 0 saturated carbocycles. The average molecular weight is 227 g/mol. The molecule has 0 aliphatic heterocycles. The molecule has 15 heavy (non-hydrogen) atoms. The van der Waals surface area contributed by atoms with Crippen LogP contribution in [0.3, 0.4) is 0 Å². The largest absolute Gasteiger partial charge is 0.351 e. The van der Waals surface area contributed by atoms with Crippen LogP contribution in [-0.4, -0.2) is 24.5 Å². The lowest BCUT2D eigenvalue weighted by Gasteiger charge is -2.06. The Bertz CT molecular complexity index is 354. The van der Waals surface area contributed by atoms with Gasteiger partial charge < -0.3 is 5.32 Å². The number of nitrogens with one attached hydrogen (secondary N) is 1. The molecule has 1 N–H and O–H groups in total. The number of carbonyl (C=O) groups is 1. The van der Waals surface area contributed by atoms with Gasteiger partial charge in [0.05, 0.1) is 0 Å². The van der Waals surface area contributed by atoms with Crippen LogP contribution in [0.1, 0.15) is 15.9 Å². The Morgan fingerprint density at radius 2 is 2.27 bits per heavy atom. The summed E-state index contributed by atoms with van der Waals surface area (Å²) >= 11 is 1.67. The molecule has 1 rings (SSSR count). The van der Waals surface area contributed by atoms with Gasteiger partial charge in [0.25, 0.3) is 5.91 Å². The van der Waals surface area contributed by atoms with Crippen molar-refractivity contribution in [2.24, 2.45) is 0 Å². The number of thioether (sulfide) groups is 1. The zero-order valence-corrected chi connectivity index (χ0v) is 9.66. The molecule has 4 heteroatoms. The molecule has 0 spiro atoms. The molecular weight excluding hydrogens is 213 g/mol. The Labute approximate surface area is 93.3 Å². The standard InChI is InChI=1S/C11H14FNOS/c1-8-7-9(12)3-4-10(8)11(14)13-5-6-15-2/h3-4,7H,5-6H2,1-2H3,(H,13,14). The number of benzene rings is 1. The van der Waals surface area contributed by atoms with Crippen molar-refractivity contribution >= 4 is 17.7 Å². The van der Waals surface area contributed by atoms with Crippen LogP contribution in [0.4, 0.5) is 4.39 Å². The summed E-state index contributed by atoms with van der Waals surface area (Å²) in [5, 5.41) is 2.78. The highest BCUT2D eigenvalue weighted by Gasteiger charge is 2.08. The van der Waals surface area contributed by atoms with Gasteiger partial charge in [0.2, 0.25) is 0 Å². The minimum Gasteiger partial charge on any atom is -0.351 e. The molecule has 1 amide bonds. The van der Waals surface area contributed by atoms with Crippen molar-refractivity contribution in [2.75, 3.05) is 18.6 Å². The van der Waals surface area contributed by atoms with Crippen LogP contribution in [0.5, 0.6) is 0 Å². The van der Waals surface area contributed by atoms with E-state index in [1.165, 1.54) is 18.2 Å². The van der Waals surface area contributed by atoms with Crippen molar-refractivity contribution in [1.82, 2.24) is 5.32 Å². The van der Waals surface area contributed by atoms with E-state index in [4.69, 9.17) is 0 Å². The van der Waals surface area contributed by atoms with Crippen LogP contribution in [0, 0.1) is 12.7 Å². The van der Waals surface area contributed by atoms with Gasteiger partial charge in [-0.2, -0.15) is 11.8 Å². The van der Waals surface area contributed by atoms with E-state index in [1.807, 2.05) is 6.26 Å². The predicted molar refractivity (Wildman–Crippen MR) is 61.9 cm³/mol. The SMILES string of the molecule is CSCCNC(=O)c1ccc(F)cc1C. The number of carbonyl (C=O) groups excluding carboxylic acids is 1. The summed E-state index contributed by atoms with van der Waals surface area (Å²) in [5.74, 6) is 0.432. The Morgan fingerprint density at radius 3 is 2.87 bits per heavy atom. The van der Waals surface area contributed by atoms with E-state index >= 15 is 0 Å². The van der Waals surface area contributed by atoms with Gasteiger partial charge in [-0.25, -0.2) is 4.39 Å². The van der Waals surface area contributed by atoms with Gasteiger partial charge in [-0.3, -0.25) is 4.79 Å². The lowest BCUT2D eigenvalue weighted by Crippen LogP contribution is -2.26. The maximum absolute atomic E-state index is 12.8. The highest BCUT2D eigenvalue weighted by molar-refractivity contribution is 7.98. The van der Waals surface area contributed by atoms with Gasteiger partial charge in [-0.15, -0.1) is 0 Å². The van der Waals surface area contributed by atoms with Crippen LogP contribution in [0.25, 0.3) is 0 Å². The van der Waals surface area contributed by atoms with Crippen molar-refractivity contribution in [3.05, 3.63) is 35.1 Å². The first kappa shape index (κ1) is 12.0. The van der Waals surface area contributed by atoms with E-state index in [0.717, 1.165) is 5.75 Å². The third-order valence-electron chi connectivity index (χ3n) is 2.02. The van der Waals surface area contributed by atoms with Crippen LogP contribution >= 0.6 is 11.8 Å². The quantitative estimate of drug-likeness (QED) is 0.799. The monoisotopic (exact) mass is 227 g/mol. The molecule has 82 valence electrons. The highest BCUT2D eigenvalue weighted by atomic mass is 32.2. The second kappa shape index (κ2) is 5.75. The first-order valence-electron chi connectivity index (χ1n) is 4.68. The summed E-state index contributed by atoms with van der Waals surface area (Å²) in [6, 6.07) is 4.18.